The summed E-state index contributed by atoms with van der Waals surface area (Å²) >= 11 is 0. The van der Waals surface area contributed by atoms with E-state index in [9.17, 15) is 0 Å². The number of hydrogen-bond donors (Lipinski definition) is 0. The molecule has 3 aromatic heterocycles. The highest BCUT2D eigenvalue weighted by atomic mass is 16.3. The Balaban J connectivity index is 1.65. The summed E-state index contributed by atoms with van der Waals surface area (Å²) in [5.41, 5.74) is 3.95. The average Bonchev–Trinajstić information content (AvgIpc) is 3.39. The molecule has 0 saturated heterocycles. The molecule has 0 saturated carbocycles. The van der Waals surface area contributed by atoms with Crippen LogP contribution in [0.2, 0.25) is 0 Å². The van der Waals surface area contributed by atoms with Crippen LogP contribution < -0.4 is 4.57 Å². The predicted molar refractivity (Wildman–Crippen MR) is 135 cm³/mol. The minimum absolute atomic E-state index is 0.162. The van der Waals surface area contributed by atoms with Crippen LogP contribution in [0.5, 0.6) is 0 Å². The van der Waals surface area contributed by atoms with Gasteiger partial charge in [0, 0.05) is 53.8 Å². The highest BCUT2D eigenvalue weighted by Gasteiger charge is 2.37. The molecule has 1 atom stereocenters. The third kappa shape index (κ3) is 2.75. The molecular formula is C30H29N2O+. The number of fused-ring (bicyclic) bond motifs is 6. The van der Waals surface area contributed by atoms with Gasteiger partial charge in [-0.15, -0.1) is 0 Å². The Morgan fingerprint density at radius 2 is 1.97 bits per heavy atom. The molecule has 164 valence electrons. The largest absolute Gasteiger partial charge is 0.455 e. The molecule has 3 heteroatoms. The van der Waals surface area contributed by atoms with Gasteiger partial charge in [0.1, 0.15) is 18.2 Å². The van der Waals surface area contributed by atoms with Gasteiger partial charge < -0.3 is 4.42 Å². The molecule has 0 fully saturated rings. The fourth-order valence-electron chi connectivity index (χ4n) is 5.06. The summed E-state index contributed by atoms with van der Waals surface area (Å²) in [4.78, 5) is 4.48. The lowest BCUT2D eigenvalue weighted by molar-refractivity contribution is -0.660. The zero-order chi connectivity index (χ0) is 31.5. The summed E-state index contributed by atoms with van der Waals surface area (Å²) in [6.45, 7) is -5.08. The molecule has 5 aromatic rings. The molecule has 0 spiro atoms. The van der Waals surface area contributed by atoms with E-state index in [2.05, 4.69) is 4.98 Å². The van der Waals surface area contributed by atoms with Crippen molar-refractivity contribution in [3.05, 3.63) is 83.3 Å². The van der Waals surface area contributed by atoms with Gasteiger partial charge in [0.05, 0.1) is 11.3 Å². The second kappa shape index (κ2) is 6.77. The zero-order valence-electron chi connectivity index (χ0n) is 28.6. The Morgan fingerprint density at radius 3 is 2.79 bits per heavy atom. The van der Waals surface area contributed by atoms with Crippen LogP contribution in [0.25, 0.3) is 44.3 Å². The van der Waals surface area contributed by atoms with Crippen LogP contribution in [0.15, 0.2) is 65.3 Å². The van der Waals surface area contributed by atoms with Crippen molar-refractivity contribution < 1.29 is 22.7 Å². The minimum Gasteiger partial charge on any atom is -0.455 e. The molecule has 0 amide bonds. The van der Waals surface area contributed by atoms with Crippen LogP contribution >= 0.6 is 0 Å². The smallest absolute Gasteiger partial charge is 0.216 e. The number of benzene rings is 2. The number of aromatic nitrogens is 2. The Kier molecular flexibility index (Phi) is 2.49. The summed E-state index contributed by atoms with van der Waals surface area (Å²) in [7, 11) is 1.75. The number of pyridine rings is 2. The van der Waals surface area contributed by atoms with Crippen molar-refractivity contribution in [3.8, 4) is 22.4 Å². The van der Waals surface area contributed by atoms with E-state index in [1.165, 1.54) is 12.1 Å². The topological polar surface area (TPSA) is 29.9 Å². The van der Waals surface area contributed by atoms with Crippen LogP contribution in [0.1, 0.15) is 69.5 Å². The van der Waals surface area contributed by atoms with Gasteiger partial charge in [-0.25, -0.2) is 4.57 Å². The van der Waals surface area contributed by atoms with E-state index < -0.39 is 31.9 Å². The monoisotopic (exact) mass is 443 g/mol. The maximum atomic E-state index is 8.71. The molecule has 0 N–H and O–H groups in total. The van der Waals surface area contributed by atoms with Gasteiger partial charge in [-0.05, 0) is 53.3 Å². The fraction of sp³-hybridized carbons (Fsp3) is 0.267. The molecule has 0 aliphatic heterocycles. The Bertz CT molecular complexity index is 1940. The van der Waals surface area contributed by atoms with E-state index in [1.807, 2.05) is 37.3 Å². The first-order chi connectivity index (χ1) is 19.8. The number of rotatable bonds is 2. The van der Waals surface area contributed by atoms with Crippen LogP contribution in [0, 0.1) is 6.92 Å². The van der Waals surface area contributed by atoms with Gasteiger partial charge in [0.25, 0.3) is 0 Å². The summed E-state index contributed by atoms with van der Waals surface area (Å²) in [5.74, 6) is -2.86. The van der Waals surface area contributed by atoms with Gasteiger partial charge in [-0.3, -0.25) is 4.98 Å². The van der Waals surface area contributed by atoms with E-state index in [0.717, 1.165) is 16.7 Å². The number of furan rings is 1. The van der Waals surface area contributed by atoms with E-state index in [4.69, 9.17) is 18.1 Å². The first-order valence-electron chi connectivity index (χ1n) is 15.8. The molecule has 1 aliphatic carbocycles. The van der Waals surface area contributed by atoms with E-state index >= 15 is 0 Å². The van der Waals surface area contributed by atoms with Gasteiger partial charge in [-0.1, -0.05) is 45.7 Å². The molecule has 3 nitrogen and oxygen atoms in total. The lowest BCUT2D eigenvalue weighted by Gasteiger charge is -2.19. The number of nitrogens with zero attached hydrogens (tertiary/aromatic N) is 2. The molecule has 1 unspecified atom stereocenters. The van der Waals surface area contributed by atoms with Crippen molar-refractivity contribution >= 4 is 21.9 Å². The van der Waals surface area contributed by atoms with Crippen molar-refractivity contribution in [1.82, 2.24) is 4.98 Å². The van der Waals surface area contributed by atoms with E-state index in [-0.39, 0.29) is 5.56 Å². The second-order valence-electron chi connectivity index (χ2n) is 8.94. The van der Waals surface area contributed by atoms with Gasteiger partial charge in [0.2, 0.25) is 5.69 Å². The fourth-order valence-corrected chi connectivity index (χ4v) is 5.06. The van der Waals surface area contributed by atoms with Crippen LogP contribution in [-0.2, 0) is 12.5 Å². The second-order valence-corrected chi connectivity index (χ2v) is 8.94. The third-order valence-electron chi connectivity index (χ3n) is 6.79. The maximum absolute atomic E-state index is 8.71. The van der Waals surface area contributed by atoms with Crippen LogP contribution in [-0.4, -0.2) is 4.98 Å². The summed E-state index contributed by atoms with van der Waals surface area (Å²) < 4.78 is 90.0. The lowest BCUT2D eigenvalue weighted by Crippen LogP contribution is -2.31. The first kappa shape index (κ1) is 12.1. The number of hydrogen-bond acceptors (Lipinski definition) is 2. The molecule has 6 rings (SSSR count). The Hall–Kier alpha value is -3.46. The average molecular weight is 444 g/mol. The predicted octanol–water partition coefficient (Wildman–Crippen LogP) is 7.21. The standard InChI is InChI=1S/C30H29N2O/c1-17(2)19-11-13-32(6)25(14-19)27-18(3)9-10-20-23-15-24-22(16-26(23)33-28(20)27)21-8-7-12-31-29(21)30(24,4)5/h7-17H,1-6H3/q+1/i1D3,2D3,4D3,17D. The van der Waals surface area contributed by atoms with Crippen LogP contribution in [0.4, 0.5) is 0 Å². The molecular weight excluding hydrogens is 404 g/mol. The molecule has 33 heavy (non-hydrogen) atoms. The first-order valence-corrected chi connectivity index (χ1v) is 10.8. The summed E-state index contributed by atoms with van der Waals surface area (Å²) in [6.07, 6.45) is 3.15. The number of aryl methyl sites for hydroxylation is 2. The highest BCUT2D eigenvalue weighted by Crippen LogP contribution is 2.50. The lowest BCUT2D eigenvalue weighted by atomic mass is 9.84. The molecule has 3 heterocycles. The van der Waals surface area contributed by atoms with Crippen LogP contribution in [0.3, 0.4) is 0 Å². The Morgan fingerprint density at radius 1 is 1.09 bits per heavy atom. The molecule has 2 aromatic carbocycles. The Labute approximate surface area is 208 Å². The SMILES string of the molecule is [2H]C([2H])([2H])C1(C)c2cc3c(cc2-c2cccnc21)oc1c(-c2cc(C([2H])(C([2H])([2H])[2H])C([2H])([2H])[2H])cc[n+]2C)c(C)ccc13. The van der Waals surface area contributed by atoms with Gasteiger partial charge in [-0.2, -0.15) is 0 Å². The van der Waals surface area contributed by atoms with Gasteiger partial charge in [0.15, 0.2) is 6.20 Å². The zero-order valence-corrected chi connectivity index (χ0v) is 18.6. The van der Waals surface area contributed by atoms with Crippen molar-refractivity contribution in [2.75, 3.05) is 0 Å². The molecule has 0 radical (unpaired) electrons. The maximum Gasteiger partial charge on any atom is 0.216 e. The normalized spacial score (nSPS) is 23.1. The van der Waals surface area contributed by atoms with E-state index in [1.54, 1.807) is 37.0 Å². The quantitative estimate of drug-likeness (QED) is 0.270. The van der Waals surface area contributed by atoms with E-state index in [0.29, 0.717) is 44.5 Å². The summed E-state index contributed by atoms with van der Waals surface area (Å²) in [5, 5.41) is 1.42. The molecule has 0 bridgehead atoms. The van der Waals surface area contributed by atoms with Crippen molar-refractivity contribution in [3.63, 3.8) is 0 Å². The van der Waals surface area contributed by atoms with Crippen molar-refractivity contribution in [1.29, 1.82) is 0 Å². The van der Waals surface area contributed by atoms with Crippen molar-refractivity contribution in [2.45, 2.75) is 45.7 Å². The minimum atomic E-state index is -3.13. The van der Waals surface area contributed by atoms with Crippen molar-refractivity contribution in [2.24, 2.45) is 7.05 Å². The van der Waals surface area contributed by atoms with Gasteiger partial charge >= 0.3 is 0 Å². The summed E-state index contributed by atoms with van der Waals surface area (Å²) in [6, 6.07) is 13.9. The molecule has 1 aliphatic rings. The third-order valence-corrected chi connectivity index (χ3v) is 6.79. The highest BCUT2D eigenvalue weighted by molar-refractivity contribution is 6.11.